The van der Waals surface area contributed by atoms with Crippen molar-refractivity contribution in [2.45, 2.75) is 0 Å². The molecule has 0 radical (unpaired) electrons. The molecule has 14 heavy (non-hydrogen) atoms. The summed E-state index contributed by atoms with van der Waals surface area (Å²) in [5.41, 5.74) is 5.41. The van der Waals surface area contributed by atoms with E-state index < -0.39 is 11.6 Å². The minimum absolute atomic E-state index is 0.00454. The molecule has 0 saturated carbocycles. The molecule has 0 aliphatic carbocycles. The van der Waals surface area contributed by atoms with E-state index in [9.17, 15) is 8.78 Å². The van der Waals surface area contributed by atoms with Crippen molar-refractivity contribution in [1.29, 1.82) is 0 Å². The number of hydrogen-bond acceptors (Lipinski definition) is 1. The predicted octanol–water partition coefficient (Wildman–Crippen LogP) is 2.95. The Morgan fingerprint density at radius 3 is 2.71 bits per heavy atom. The largest absolute Gasteiger partial charge is 0.386 e. The number of hydrogen-bond donors (Lipinski definition) is 1. The second kappa shape index (κ2) is 4.70. The third-order valence-electron chi connectivity index (χ3n) is 1.37. The fourth-order valence-corrected chi connectivity index (χ4v) is 1.19. The maximum absolute atomic E-state index is 13.0. The van der Waals surface area contributed by atoms with Crippen LogP contribution in [0.1, 0.15) is 0 Å². The second-order valence-electron chi connectivity index (χ2n) is 2.46. The van der Waals surface area contributed by atoms with Gasteiger partial charge in [-0.3, -0.25) is 0 Å². The van der Waals surface area contributed by atoms with E-state index in [4.69, 9.17) is 17.3 Å². The zero-order chi connectivity index (χ0) is 10.7. The van der Waals surface area contributed by atoms with E-state index in [2.05, 4.69) is 20.9 Å². The van der Waals surface area contributed by atoms with Gasteiger partial charge in [0.15, 0.2) is 0 Å². The van der Waals surface area contributed by atoms with Crippen LogP contribution >= 0.6 is 27.5 Å². The minimum atomic E-state index is -0.730. The van der Waals surface area contributed by atoms with E-state index in [-0.39, 0.29) is 21.9 Å². The van der Waals surface area contributed by atoms with Gasteiger partial charge in [-0.2, -0.15) is 0 Å². The monoisotopic (exact) mass is 282 g/mol. The topological polar surface area (TPSA) is 38.4 Å². The fraction of sp³-hybridized carbons (Fsp3) is 0.125. The molecule has 2 N–H and O–H groups in total. The van der Waals surface area contributed by atoms with Crippen molar-refractivity contribution in [2.24, 2.45) is 10.7 Å². The second-order valence-corrected chi connectivity index (χ2v) is 3.52. The maximum atomic E-state index is 13.0. The van der Waals surface area contributed by atoms with Gasteiger partial charge in [0.25, 0.3) is 0 Å². The zero-order valence-electron chi connectivity index (χ0n) is 6.90. The highest BCUT2D eigenvalue weighted by molar-refractivity contribution is 9.10. The Morgan fingerprint density at radius 1 is 1.50 bits per heavy atom. The van der Waals surface area contributed by atoms with Crippen molar-refractivity contribution >= 4 is 39.1 Å². The van der Waals surface area contributed by atoms with Gasteiger partial charge in [-0.05, 0) is 15.9 Å². The normalized spacial score (nSPS) is 11.9. The van der Waals surface area contributed by atoms with E-state index in [1.165, 1.54) is 0 Å². The third kappa shape index (κ3) is 2.65. The molecule has 0 aliphatic rings. The highest BCUT2D eigenvalue weighted by atomic mass is 79.9. The molecule has 0 spiro atoms. The average molecular weight is 284 g/mol. The van der Waals surface area contributed by atoms with E-state index in [0.29, 0.717) is 0 Å². The van der Waals surface area contributed by atoms with Crippen LogP contribution in [0.5, 0.6) is 0 Å². The third-order valence-corrected chi connectivity index (χ3v) is 2.43. The zero-order valence-corrected chi connectivity index (χ0v) is 9.24. The van der Waals surface area contributed by atoms with Crippen molar-refractivity contribution in [3.63, 3.8) is 0 Å². The Hall–Kier alpha value is -0.680. The summed E-state index contributed by atoms with van der Waals surface area (Å²) in [5, 5.41) is 0. The van der Waals surface area contributed by atoms with Crippen LogP contribution in [0, 0.1) is 11.6 Å². The number of alkyl halides is 1. The van der Waals surface area contributed by atoms with Gasteiger partial charge in [-0.25, -0.2) is 13.8 Å². The van der Waals surface area contributed by atoms with Gasteiger partial charge in [0, 0.05) is 12.1 Å². The molecule has 0 heterocycles. The number of rotatable bonds is 2. The molecule has 0 saturated heterocycles. The summed E-state index contributed by atoms with van der Waals surface area (Å²) in [6.45, 7) is 0. The SMILES string of the molecule is NC(CCl)=Nc1cc(F)cc(F)c1Br. The molecule has 0 unspecified atom stereocenters. The summed E-state index contributed by atoms with van der Waals surface area (Å²) < 4.78 is 25.8. The Morgan fingerprint density at radius 2 is 2.14 bits per heavy atom. The van der Waals surface area contributed by atoms with E-state index >= 15 is 0 Å². The summed E-state index contributed by atoms with van der Waals surface area (Å²) >= 11 is 8.30. The molecule has 0 fully saturated rings. The molecule has 1 aromatic carbocycles. The average Bonchev–Trinajstić information content (AvgIpc) is 2.13. The smallest absolute Gasteiger partial charge is 0.142 e. The quantitative estimate of drug-likeness (QED) is 0.385. The van der Waals surface area contributed by atoms with E-state index in [1.807, 2.05) is 0 Å². The number of benzene rings is 1. The lowest BCUT2D eigenvalue weighted by Gasteiger charge is -2.01. The summed E-state index contributed by atoms with van der Waals surface area (Å²) in [6, 6.07) is 1.81. The lowest BCUT2D eigenvalue weighted by Crippen LogP contribution is -2.12. The minimum Gasteiger partial charge on any atom is -0.386 e. The fourth-order valence-electron chi connectivity index (χ4n) is 0.808. The van der Waals surface area contributed by atoms with Crippen molar-refractivity contribution in [2.75, 3.05) is 5.88 Å². The van der Waals surface area contributed by atoms with Gasteiger partial charge < -0.3 is 5.73 Å². The van der Waals surface area contributed by atoms with Crippen molar-refractivity contribution < 1.29 is 8.78 Å². The van der Waals surface area contributed by atoms with Crippen LogP contribution in [0.15, 0.2) is 21.6 Å². The lowest BCUT2D eigenvalue weighted by atomic mass is 10.3. The summed E-state index contributed by atoms with van der Waals surface area (Å²) in [6.07, 6.45) is 0. The Bertz CT molecular complexity index is 382. The molecule has 0 aliphatic heterocycles. The highest BCUT2D eigenvalue weighted by Gasteiger charge is 2.08. The van der Waals surface area contributed by atoms with Gasteiger partial charge >= 0.3 is 0 Å². The molecule has 1 rings (SSSR count). The first kappa shape index (κ1) is 11.4. The van der Waals surface area contributed by atoms with Crippen molar-refractivity contribution in [3.8, 4) is 0 Å². The number of amidine groups is 1. The molecule has 6 heteroatoms. The van der Waals surface area contributed by atoms with Crippen LogP contribution in [-0.4, -0.2) is 11.7 Å². The first-order valence-electron chi connectivity index (χ1n) is 3.58. The van der Waals surface area contributed by atoms with Gasteiger partial charge in [0.05, 0.1) is 16.0 Å². The standard InChI is InChI=1S/C8H6BrClF2N2/c9-8-5(12)1-4(11)2-6(8)14-7(13)3-10/h1-2H,3H2,(H2,13,14). The molecule has 2 nitrogen and oxygen atoms in total. The van der Waals surface area contributed by atoms with Crippen molar-refractivity contribution in [3.05, 3.63) is 28.2 Å². The van der Waals surface area contributed by atoms with Crippen LogP contribution in [0.25, 0.3) is 0 Å². The number of nitrogens with zero attached hydrogens (tertiary/aromatic N) is 1. The highest BCUT2D eigenvalue weighted by Crippen LogP contribution is 2.29. The first-order chi connectivity index (χ1) is 6.54. The number of aliphatic imine (C=N–C) groups is 1. The number of halogens is 4. The van der Waals surface area contributed by atoms with Crippen LogP contribution in [-0.2, 0) is 0 Å². The molecule has 0 bridgehead atoms. The molecule has 1 aromatic rings. The van der Waals surface area contributed by atoms with Gasteiger partial charge in [-0.1, -0.05) is 0 Å². The van der Waals surface area contributed by atoms with Crippen LogP contribution in [0.4, 0.5) is 14.5 Å². The van der Waals surface area contributed by atoms with Crippen LogP contribution in [0.3, 0.4) is 0 Å². The van der Waals surface area contributed by atoms with Crippen LogP contribution < -0.4 is 5.73 Å². The Balaban J connectivity index is 3.21. The summed E-state index contributed by atoms with van der Waals surface area (Å²) in [7, 11) is 0. The van der Waals surface area contributed by atoms with E-state index in [1.54, 1.807) is 0 Å². The Kier molecular flexibility index (Phi) is 3.83. The maximum Gasteiger partial charge on any atom is 0.142 e. The lowest BCUT2D eigenvalue weighted by molar-refractivity contribution is 0.580. The van der Waals surface area contributed by atoms with Gasteiger partial charge in [0.1, 0.15) is 17.5 Å². The number of nitrogens with two attached hydrogens (primary N) is 1. The van der Waals surface area contributed by atoms with Crippen LogP contribution in [0.2, 0.25) is 0 Å². The molecular weight excluding hydrogens is 277 g/mol. The molecule has 0 aromatic heterocycles. The predicted molar refractivity (Wildman–Crippen MR) is 56.1 cm³/mol. The Labute approximate surface area is 92.9 Å². The summed E-state index contributed by atoms with van der Waals surface area (Å²) in [5.74, 6) is -1.35. The molecule has 0 atom stereocenters. The summed E-state index contributed by atoms with van der Waals surface area (Å²) in [4.78, 5) is 3.73. The van der Waals surface area contributed by atoms with Gasteiger partial charge in [0.2, 0.25) is 0 Å². The molecule has 76 valence electrons. The van der Waals surface area contributed by atoms with E-state index in [0.717, 1.165) is 12.1 Å². The van der Waals surface area contributed by atoms with Gasteiger partial charge in [-0.15, -0.1) is 11.6 Å². The first-order valence-corrected chi connectivity index (χ1v) is 4.91. The van der Waals surface area contributed by atoms with Crippen molar-refractivity contribution in [1.82, 2.24) is 0 Å². The molecular formula is C8H6BrClF2N2. The molecule has 0 amide bonds.